The van der Waals surface area contributed by atoms with Gasteiger partial charge in [-0.2, -0.15) is 0 Å². The molecule has 3 rings (SSSR count). The molecule has 0 N–H and O–H groups in total. The Bertz CT molecular complexity index is 666. The van der Waals surface area contributed by atoms with Gasteiger partial charge in [0, 0.05) is 13.1 Å². The van der Waals surface area contributed by atoms with Crippen molar-refractivity contribution in [1.29, 1.82) is 0 Å². The standard InChI is InChI=1S/C17H17NO2/c1-17(12-7-5-4-6-8-12)14-10-9-13(20-3)11-15(14)18(2)16(17)19/h4-11H,1-3H3. The molecule has 1 aliphatic rings. The Kier molecular flexibility index (Phi) is 2.78. The average molecular weight is 267 g/mol. The zero-order chi connectivity index (χ0) is 14.3. The van der Waals surface area contributed by atoms with Gasteiger partial charge in [-0.1, -0.05) is 36.4 Å². The molecule has 2 aromatic carbocycles. The lowest BCUT2D eigenvalue weighted by Gasteiger charge is -2.23. The van der Waals surface area contributed by atoms with E-state index in [0.29, 0.717) is 0 Å². The molecular formula is C17H17NO2. The predicted octanol–water partition coefficient (Wildman–Crippen LogP) is 2.98. The second kappa shape index (κ2) is 4.37. The third-order valence-corrected chi connectivity index (χ3v) is 4.19. The number of hydrogen-bond donors (Lipinski definition) is 0. The molecule has 0 radical (unpaired) electrons. The Morgan fingerprint density at radius 2 is 1.80 bits per heavy atom. The third-order valence-electron chi connectivity index (χ3n) is 4.19. The molecular weight excluding hydrogens is 250 g/mol. The fraction of sp³-hybridized carbons (Fsp3) is 0.235. The van der Waals surface area contributed by atoms with Gasteiger partial charge in [-0.25, -0.2) is 0 Å². The van der Waals surface area contributed by atoms with Crippen molar-refractivity contribution in [3.05, 3.63) is 59.7 Å². The van der Waals surface area contributed by atoms with E-state index >= 15 is 0 Å². The quantitative estimate of drug-likeness (QED) is 0.837. The van der Waals surface area contributed by atoms with Gasteiger partial charge < -0.3 is 9.64 Å². The summed E-state index contributed by atoms with van der Waals surface area (Å²) in [5.41, 5.74) is 2.33. The predicted molar refractivity (Wildman–Crippen MR) is 79.3 cm³/mol. The minimum atomic E-state index is -0.627. The molecule has 3 nitrogen and oxygen atoms in total. The lowest BCUT2D eigenvalue weighted by atomic mass is 9.77. The Morgan fingerprint density at radius 1 is 1.10 bits per heavy atom. The fourth-order valence-corrected chi connectivity index (χ4v) is 2.95. The summed E-state index contributed by atoms with van der Waals surface area (Å²) < 4.78 is 5.26. The maximum absolute atomic E-state index is 12.8. The molecule has 3 heteroatoms. The van der Waals surface area contributed by atoms with Crippen molar-refractivity contribution in [3.8, 4) is 5.75 Å². The van der Waals surface area contributed by atoms with Gasteiger partial charge >= 0.3 is 0 Å². The second-order valence-corrected chi connectivity index (χ2v) is 5.24. The van der Waals surface area contributed by atoms with Crippen LogP contribution in [0.15, 0.2) is 48.5 Å². The maximum Gasteiger partial charge on any atom is 0.241 e. The molecule has 1 atom stereocenters. The second-order valence-electron chi connectivity index (χ2n) is 5.24. The average Bonchev–Trinajstić information content (AvgIpc) is 2.70. The largest absolute Gasteiger partial charge is 0.497 e. The van der Waals surface area contributed by atoms with Gasteiger partial charge in [-0.05, 0) is 24.1 Å². The van der Waals surface area contributed by atoms with E-state index in [2.05, 4.69) is 0 Å². The molecule has 0 aliphatic carbocycles. The number of likely N-dealkylation sites (N-methyl/N-ethyl adjacent to an activating group) is 1. The first-order valence-corrected chi connectivity index (χ1v) is 6.61. The smallest absolute Gasteiger partial charge is 0.241 e. The Labute approximate surface area is 118 Å². The van der Waals surface area contributed by atoms with Gasteiger partial charge in [0.2, 0.25) is 5.91 Å². The Hall–Kier alpha value is -2.29. The molecule has 1 heterocycles. The number of benzene rings is 2. The summed E-state index contributed by atoms with van der Waals surface area (Å²) in [6, 6.07) is 15.7. The Morgan fingerprint density at radius 3 is 2.45 bits per heavy atom. The number of hydrogen-bond acceptors (Lipinski definition) is 2. The normalized spacial score (nSPS) is 20.9. The van der Waals surface area contributed by atoms with E-state index in [1.807, 2.05) is 62.5 Å². The minimum Gasteiger partial charge on any atom is -0.497 e. The molecule has 20 heavy (non-hydrogen) atoms. The van der Waals surface area contributed by atoms with E-state index in [1.165, 1.54) is 0 Å². The number of anilines is 1. The van der Waals surface area contributed by atoms with Crippen LogP contribution in [-0.4, -0.2) is 20.1 Å². The van der Waals surface area contributed by atoms with Crippen LogP contribution in [0.25, 0.3) is 0 Å². The summed E-state index contributed by atoms with van der Waals surface area (Å²) in [6.07, 6.45) is 0. The summed E-state index contributed by atoms with van der Waals surface area (Å²) in [6.45, 7) is 1.99. The van der Waals surface area contributed by atoms with Crippen LogP contribution in [0, 0.1) is 0 Å². The topological polar surface area (TPSA) is 29.5 Å². The van der Waals surface area contributed by atoms with Crippen LogP contribution in [0.1, 0.15) is 18.1 Å². The van der Waals surface area contributed by atoms with Crippen LogP contribution in [0.3, 0.4) is 0 Å². The fourth-order valence-electron chi connectivity index (χ4n) is 2.95. The monoisotopic (exact) mass is 267 g/mol. The van der Waals surface area contributed by atoms with Crippen molar-refractivity contribution in [3.63, 3.8) is 0 Å². The van der Waals surface area contributed by atoms with E-state index in [0.717, 1.165) is 22.6 Å². The lowest BCUT2D eigenvalue weighted by molar-refractivity contribution is -0.121. The van der Waals surface area contributed by atoms with Crippen LogP contribution in [0.4, 0.5) is 5.69 Å². The first-order chi connectivity index (χ1) is 9.59. The van der Waals surface area contributed by atoms with Gasteiger partial charge in [0.15, 0.2) is 0 Å². The summed E-state index contributed by atoms with van der Waals surface area (Å²) in [5.74, 6) is 0.854. The molecule has 0 saturated carbocycles. The molecule has 0 saturated heterocycles. The third kappa shape index (κ3) is 1.56. The summed E-state index contributed by atoms with van der Waals surface area (Å²) in [7, 11) is 3.45. The highest BCUT2D eigenvalue weighted by Crippen LogP contribution is 2.46. The summed E-state index contributed by atoms with van der Waals surface area (Å²) in [4.78, 5) is 14.5. The van der Waals surface area contributed by atoms with Gasteiger partial charge in [0.25, 0.3) is 0 Å². The highest BCUT2D eigenvalue weighted by molar-refractivity contribution is 6.10. The van der Waals surface area contributed by atoms with Crippen LogP contribution in [0.2, 0.25) is 0 Å². The molecule has 1 amide bonds. The number of nitrogens with zero attached hydrogens (tertiary/aromatic N) is 1. The highest BCUT2D eigenvalue weighted by Gasteiger charge is 2.47. The van der Waals surface area contributed by atoms with Crippen LogP contribution < -0.4 is 9.64 Å². The number of methoxy groups -OCH3 is 1. The highest BCUT2D eigenvalue weighted by atomic mass is 16.5. The first-order valence-electron chi connectivity index (χ1n) is 6.61. The van der Waals surface area contributed by atoms with E-state index in [1.54, 1.807) is 12.0 Å². The molecule has 0 aromatic heterocycles. The minimum absolute atomic E-state index is 0.0898. The van der Waals surface area contributed by atoms with Crippen LogP contribution >= 0.6 is 0 Å². The van der Waals surface area contributed by atoms with Crippen molar-refractivity contribution in [2.45, 2.75) is 12.3 Å². The van der Waals surface area contributed by atoms with Gasteiger partial charge in [0.1, 0.15) is 5.75 Å². The number of fused-ring (bicyclic) bond motifs is 1. The lowest BCUT2D eigenvalue weighted by Crippen LogP contribution is -2.36. The van der Waals surface area contributed by atoms with E-state index in [9.17, 15) is 4.79 Å². The zero-order valence-electron chi connectivity index (χ0n) is 11.9. The number of carbonyl (C=O) groups excluding carboxylic acids is 1. The zero-order valence-corrected chi connectivity index (χ0v) is 11.9. The van der Waals surface area contributed by atoms with Gasteiger partial charge in [0.05, 0.1) is 18.2 Å². The number of carbonyl (C=O) groups is 1. The van der Waals surface area contributed by atoms with Crippen LogP contribution in [-0.2, 0) is 10.2 Å². The van der Waals surface area contributed by atoms with Crippen molar-refractivity contribution in [2.24, 2.45) is 0 Å². The first kappa shape index (κ1) is 12.7. The van der Waals surface area contributed by atoms with Crippen LogP contribution in [0.5, 0.6) is 5.75 Å². The molecule has 1 aliphatic heterocycles. The molecule has 2 aromatic rings. The SMILES string of the molecule is COc1ccc2c(c1)N(C)C(=O)C2(C)c1ccccc1. The Balaban J connectivity index is 2.23. The molecule has 0 fully saturated rings. The van der Waals surface area contributed by atoms with Crippen molar-refractivity contribution in [1.82, 2.24) is 0 Å². The van der Waals surface area contributed by atoms with E-state index in [-0.39, 0.29) is 5.91 Å². The van der Waals surface area contributed by atoms with Crippen molar-refractivity contribution in [2.75, 3.05) is 19.1 Å². The summed E-state index contributed by atoms with van der Waals surface area (Å²) >= 11 is 0. The van der Waals surface area contributed by atoms with Crippen molar-refractivity contribution < 1.29 is 9.53 Å². The number of ether oxygens (including phenoxy) is 1. The van der Waals surface area contributed by atoms with E-state index in [4.69, 9.17) is 4.74 Å². The summed E-state index contributed by atoms with van der Waals surface area (Å²) in [5, 5.41) is 0. The molecule has 1 unspecified atom stereocenters. The number of amides is 1. The maximum atomic E-state index is 12.8. The number of rotatable bonds is 2. The van der Waals surface area contributed by atoms with Gasteiger partial charge in [-0.15, -0.1) is 0 Å². The van der Waals surface area contributed by atoms with Crippen molar-refractivity contribution >= 4 is 11.6 Å². The molecule has 0 spiro atoms. The van der Waals surface area contributed by atoms with E-state index < -0.39 is 5.41 Å². The van der Waals surface area contributed by atoms with Gasteiger partial charge in [-0.3, -0.25) is 4.79 Å². The molecule has 102 valence electrons. The molecule has 0 bridgehead atoms.